The Morgan fingerprint density at radius 3 is 2.27 bits per heavy atom. The molecule has 0 saturated heterocycles. The summed E-state index contributed by atoms with van der Waals surface area (Å²) in [6.45, 7) is 0.258. The zero-order valence-electron chi connectivity index (χ0n) is 6.27. The van der Waals surface area contributed by atoms with Gasteiger partial charge in [-0.25, -0.2) is 0 Å². The van der Waals surface area contributed by atoms with Crippen molar-refractivity contribution in [1.29, 1.82) is 0 Å². The molecule has 5 heteroatoms. The average Bonchev–Trinajstić information content (AvgIpc) is 2.01. The zero-order chi connectivity index (χ0) is 8.53. The van der Waals surface area contributed by atoms with Crippen LogP contribution in [0.5, 0.6) is 0 Å². The number of hydrogen-bond donors (Lipinski definition) is 3. The first-order valence-electron chi connectivity index (χ1n) is 3.40. The second-order valence-electron chi connectivity index (χ2n) is 1.85. The molecule has 0 aliphatic heterocycles. The maximum Gasteiger partial charge on any atom is 0.108 e. The van der Waals surface area contributed by atoms with Crippen LogP contribution in [0, 0.1) is 0 Å². The Morgan fingerprint density at radius 2 is 1.73 bits per heavy atom. The van der Waals surface area contributed by atoms with Gasteiger partial charge in [-0.15, -0.1) is 11.8 Å². The van der Waals surface area contributed by atoms with Gasteiger partial charge < -0.3 is 15.3 Å². The summed E-state index contributed by atoms with van der Waals surface area (Å²) in [6, 6.07) is 0. The monoisotopic (exact) mass is 198 g/mol. The summed E-state index contributed by atoms with van der Waals surface area (Å²) in [4.78, 5) is 0. The van der Waals surface area contributed by atoms with Gasteiger partial charge in [0, 0.05) is 17.3 Å². The molecule has 0 aliphatic rings. The van der Waals surface area contributed by atoms with Crippen molar-refractivity contribution in [2.45, 2.75) is 5.44 Å². The van der Waals surface area contributed by atoms with Crippen LogP contribution < -0.4 is 0 Å². The highest BCUT2D eigenvalue weighted by Gasteiger charge is 2.02. The Hall–Kier alpha value is 0.580. The van der Waals surface area contributed by atoms with E-state index in [0.29, 0.717) is 17.3 Å². The third-order valence-corrected chi connectivity index (χ3v) is 3.10. The van der Waals surface area contributed by atoms with Crippen molar-refractivity contribution in [1.82, 2.24) is 0 Å². The third kappa shape index (κ3) is 8.49. The number of aliphatic hydroxyl groups is 3. The summed E-state index contributed by atoms with van der Waals surface area (Å²) < 4.78 is 0. The summed E-state index contributed by atoms with van der Waals surface area (Å²) in [5.41, 5.74) is -0.418. The Kier molecular flexibility index (Phi) is 9.13. The molecule has 0 spiro atoms. The van der Waals surface area contributed by atoms with Gasteiger partial charge in [0.2, 0.25) is 0 Å². The molecule has 0 fully saturated rings. The lowest BCUT2D eigenvalue weighted by Gasteiger charge is -2.07. The predicted molar refractivity (Wildman–Crippen MR) is 50.0 cm³/mol. The highest BCUT2D eigenvalue weighted by Crippen LogP contribution is 2.12. The topological polar surface area (TPSA) is 60.7 Å². The summed E-state index contributed by atoms with van der Waals surface area (Å²) >= 11 is 2.84. The summed E-state index contributed by atoms with van der Waals surface area (Å²) in [5, 5.41) is 26.0. The molecular weight excluding hydrogens is 184 g/mol. The van der Waals surface area contributed by atoms with Gasteiger partial charge in [0.05, 0.1) is 13.2 Å². The first-order chi connectivity index (χ1) is 5.31. The van der Waals surface area contributed by atoms with E-state index in [2.05, 4.69) is 0 Å². The molecule has 68 valence electrons. The lowest BCUT2D eigenvalue weighted by molar-refractivity contribution is 0.284. The fourth-order valence-corrected chi connectivity index (χ4v) is 2.03. The standard InChI is InChI=1S/C6H14O3S2/c7-1-3-10-5-6(9)11-4-2-8/h6-9H,1-5H2. The second-order valence-corrected chi connectivity index (χ2v) is 4.28. The molecule has 0 aliphatic carbocycles. The maximum atomic E-state index is 9.16. The molecular formula is C6H14O3S2. The van der Waals surface area contributed by atoms with Crippen LogP contribution >= 0.6 is 23.5 Å². The van der Waals surface area contributed by atoms with E-state index in [1.165, 1.54) is 23.5 Å². The van der Waals surface area contributed by atoms with E-state index in [-0.39, 0.29) is 13.2 Å². The highest BCUT2D eigenvalue weighted by atomic mass is 32.2. The van der Waals surface area contributed by atoms with Crippen LogP contribution in [0.15, 0.2) is 0 Å². The fraction of sp³-hybridized carbons (Fsp3) is 1.00. The van der Waals surface area contributed by atoms with E-state index in [1.54, 1.807) is 0 Å². The van der Waals surface area contributed by atoms with Crippen LogP contribution in [0.2, 0.25) is 0 Å². The molecule has 0 aromatic rings. The van der Waals surface area contributed by atoms with Crippen LogP contribution in [0.1, 0.15) is 0 Å². The first kappa shape index (κ1) is 11.6. The molecule has 0 bridgehead atoms. The number of aliphatic hydroxyl groups excluding tert-OH is 3. The van der Waals surface area contributed by atoms with E-state index in [9.17, 15) is 0 Å². The molecule has 1 atom stereocenters. The third-order valence-electron chi connectivity index (χ3n) is 0.898. The molecule has 1 unspecified atom stereocenters. The van der Waals surface area contributed by atoms with Gasteiger partial charge in [-0.2, -0.15) is 11.8 Å². The largest absolute Gasteiger partial charge is 0.396 e. The second kappa shape index (κ2) is 8.67. The number of hydrogen-bond acceptors (Lipinski definition) is 5. The molecule has 3 N–H and O–H groups in total. The molecule has 0 amide bonds. The van der Waals surface area contributed by atoms with Gasteiger partial charge in [0.15, 0.2) is 0 Å². The normalized spacial score (nSPS) is 13.4. The lowest BCUT2D eigenvalue weighted by Crippen LogP contribution is -2.07. The Balaban J connectivity index is 3.02. The summed E-state index contributed by atoms with van der Waals surface area (Å²) in [7, 11) is 0. The predicted octanol–water partition coefficient (Wildman–Crippen LogP) is -0.244. The lowest BCUT2D eigenvalue weighted by atomic mass is 10.8. The maximum absolute atomic E-state index is 9.16. The van der Waals surface area contributed by atoms with E-state index in [4.69, 9.17) is 15.3 Å². The molecule has 0 saturated carbocycles. The van der Waals surface area contributed by atoms with Crippen molar-refractivity contribution in [2.24, 2.45) is 0 Å². The van der Waals surface area contributed by atoms with Crippen molar-refractivity contribution < 1.29 is 15.3 Å². The van der Waals surface area contributed by atoms with Crippen LogP contribution in [0.3, 0.4) is 0 Å². The first-order valence-corrected chi connectivity index (χ1v) is 5.60. The van der Waals surface area contributed by atoms with Crippen LogP contribution in [0.25, 0.3) is 0 Å². The quantitative estimate of drug-likeness (QED) is 0.389. The SMILES string of the molecule is OCCSCC(O)SCCO. The van der Waals surface area contributed by atoms with Crippen molar-refractivity contribution in [3.8, 4) is 0 Å². The van der Waals surface area contributed by atoms with Gasteiger partial charge in [0.1, 0.15) is 5.44 Å². The molecule has 0 rings (SSSR count). The number of thioether (sulfide) groups is 2. The van der Waals surface area contributed by atoms with E-state index in [1.807, 2.05) is 0 Å². The van der Waals surface area contributed by atoms with Crippen LogP contribution in [-0.4, -0.2) is 51.2 Å². The highest BCUT2D eigenvalue weighted by molar-refractivity contribution is 8.03. The van der Waals surface area contributed by atoms with Crippen molar-refractivity contribution in [2.75, 3.05) is 30.5 Å². The van der Waals surface area contributed by atoms with E-state index < -0.39 is 5.44 Å². The van der Waals surface area contributed by atoms with Crippen molar-refractivity contribution >= 4 is 23.5 Å². The van der Waals surface area contributed by atoms with Gasteiger partial charge >= 0.3 is 0 Å². The van der Waals surface area contributed by atoms with Crippen LogP contribution in [0.4, 0.5) is 0 Å². The Morgan fingerprint density at radius 1 is 1.09 bits per heavy atom. The minimum absolute atomic E-state index is 0.104. The smallest absolute Gasteiger partial charge is 0.108 e. The Labute approximate surface area is 75.2 Å². The molecule has 11 heavy (non-hydrogen) atoms. The van der Waals surface area contributed by atoms with Gasteiger partial charge in [0.25, 0.3) is 0 Å². The number of rotatable bonds is 7. The van der Waals surface area contributed by atoms with E-state index >= 15 is 0 Å². The molecule has 0 aromatic carbocycles. The average molecular weight is 198 g/mol. The van der Waals surface area contributed by atoms with Gasteiger partial charge in [-0.05, 0) is 0 Å². The van der Waals surface area contributed by atoms with Crippen molar-refractivity contribution in [3.63, 3.8) is 0 Å². The van der Waals surface area contributed by atoms with Gasteiger partial charge in [-0.1, -0.05) is 0 Å². The molecule has 0 radical (unpaired) electrons. The minimum atomic E-state index is -0.418. The minimum Gasteiger partial charge on any atom is -0.396 e. The zero-order valence-corrected chi connectivity index (χ0v) is 7.90. The molecule has 3 nitrogen and oxygen atoms in total. The van der Waals surface area contributed by atoms with E-state index in [0.717, 1.165) is 0 Å². The van der Waals surface area contributed by atoms with Gasteiger partial charge in [-0.3, -0.25) is 0 Å². The van der Waals surface area contributed by atoms with Crippen LogP contribution in [-0.2, 0) is 0 Å². The molecule has 0 heterocycles. The fourth-order valence-electron chi connectivity index (χ4n) is 0.486. The molecule has 0 aromatic heterocycles. The summed E-state index contributed by atoms with van der Waals surface area (Å²) in [5.74, 6) is 1.85. The Bertz CT molecular complexity index is 82.2. The summed E-state index contributed by atoms with van der Waals surface area (Å²) in [6.07, 6.45) is 0. The van der Waals surface area contributed by atoms with Crippen molar-refractivity contribution in [3.05, 3.63) is 0 Å².